The van der Waals surface area contributed by atoms with Crippen LogP contribution in [0.15, 0.2) is 48.7 Å². The van der Waals surface area contributed by atoms with E-state index in [1.54, 1.807) is 19.4 Å². The van der Waals surface area contributed by atoms with Crippen molar-refractivity contribution in [1.29, 1.82) is 0 Å². The highest BCUT2D eigenvalue weighted by atomic mass is 16.5. The van der Waals surface area contributed by atoms with Crippen LogP contribution in [0.3, 0.4) is 0 Å². The molecule has 5 heteroatoms. The maximum Gasteiger partial charge on any atom is 0.272 e. The van der Waals surface area contributed by atoms with Crippen LogP contribution in [-0.4, -0.2) is 48.7 Å². The summed E-state index contributed by atoms with van der Waals surface area (Å²) in [6.07, 6.45) is 2.42. The van der Waals surface area contributed by atoms with Crippen LogP contribution in [0.25, 0.3) is 0 Å². The Hall–Kier alpha value is -2.40. The molecule has 1 atom stereocenters. The van der Waals surface area contributed by atoms with Crippen molar-refractivity contribution in [1.82, 2.24) is 9.88 Å². The molecule has 1 aromatic heterocycles. The van der Waals surface area contributed by atoms with Gasteiger partial charge in [-0.1, -0.05) is 18.2 Å². The second-order valence-corrected chi connectivity index (χ2v) is 5.51. The lowest BCUT2D eigenvalue weighted by Gasteiger charge is -2.33. The molecule has 5 nitrogen and oxygen atoms in total. The van der Waals surface area contributed by atoms with Gasteiger partial charge in [-0.15, -0.1) is 0 Å². The van der Waals surface area contributed by atoms with Crippen molar-refractivity contribution in [3.8, 4) is 5.75 Å². The van der Waals surface area contributed by atoms with E-state index in [4.69, 9.17) is 9.47 Å². The smallest absolute Gasteiger partial charge is 0.272 e. The van der Waals surface area contributed by atoms with Gasteiger partial charge in [0.15, 0.2) is 0 Å². The maximum atomic E-state index is 12.5. The van der Waals surface area contributed by atoms with Crippen LogP contribution in [0.1, 0.15) is 16.1 Å². The van der Waals surface area contributed by atoms with Crippen LogP contribution in [0.4, 0.5) is 0 Å². The molecule has 1 aliphatic heterocycles. The number of amides is 1. The van der Waals surface area contributed by atoms with Gasteiger partial charge in [0.25, 0.3) is 5.91 Å². The number of pyridine rings is 1. The maximum absolute atomic E-state index is 12.5. The Labute approximate surface area is 135 Å². The van der Waals surface area contributed by atoms with Crippen molar-refractivity contribution in [3.05, 3.63) is 59.9 Å². The van der Waals surface area contributed by atoms with Crippen molar-refractivity contribution in [3.63, 3.8) is 0 Å². The molecule has 1 aliphatic rings. The number of benzene rings is 1. The molecule has 0 bridgehead atoms. The highest BCUT2D eigenvalue weighted by molar-refractivity contribution is 5.92. The first-order chi connectivity index (χ1) is 11.3. The fourth-order valence-corrected chi connectivity index (χ4v) is 2.70. The molecule has 1 fully saturated rings. The number of rotatable bonds is 4. The fraction of sp³-hybridized carbons (Fsp3) is 0.333. The Morgan fingerprint density at radius 1 is 1.30 bits per heavy atom. The zero-order valence-corrected chi connectivity index (χ0v) is 13.1. The molecular weight excluding hydrogens is 292 g/mol. The number of carbonyl (C=O) groups excluding carboxylic acids is 1. The highest BCUT2D eigenvalue weighted by Gasteiger charge is 2.25. The Morgan fingerprint density at radius 3 is 2.83 bits per heavy atom. The van der Waals surface area contributed by atoms with Gasteiger partial charge >= 0.3 is 0 Å². The molecule has 2 heterocycles. The summed E-state index contributed by atoms with van der Waals surface area (Å²) in [6.45, 7) is 1.75. The van der Waals surface area contributed by atoms with E-state index in [9.17, 15) is 4.79 Å². The average molecular weight is 312 g/mol. The summed E-state index contributed by atoms with van der Waals surface area (Å²) >= 11 is 0. The van der Waals surface area contributed by atoms with Gasteiger partial charge in [0.2, 0.25) is 0 Å². The van der Waals surface area contributed by atoms with E-state index >= 15 is 0 Å². The minimum atomic E-state index is -0.0337. The summed E-state index contributed by atoms with van der Waals surface area (Å²) in [5.74, 6) is 0.805. The van der Waals surface area contributed by atoms with E-state index < -0.39 is 0 Å². The van der Waals surface area contributed by atoms with Crippen molar-refractivity contribution >= 4 is 5.91 Å². The number of aromatic nitrogens is 1. The van der Waals surface area contributed by atoms with Crippen LogP contribution in [-0.2, 0) is 11.2 Å². The third-order valence-electron chi connectivity index (χ3n) is 3.93. The average Bonchev–Trinajstić information content (AvgIpc) is 2.63. The number of hydrogen-bond acceptors (Lipinski definition) is 4. The summed E-state index contributed by atoms with van der Waals surface area (Å²) in [5.41, 5.74) is 1.65. The number of morpholine rings is 1. The number of hydrogen-bond donors (Lipinski definition) is 0. The van der Waals surface area contributed by atoms with E-state index in [0.29, 0.717) is 25.4 Å². The topological polar surface area (TPSA) is 51.7 Å². The molecule has 0 aliphatic carbocycles. The Kier molecular flexibility index (Phi) is 4.88. The zero-order chi connectivity index (χ0) is 16.1. The largest absolute Gasteiger partial charge is 0.497 e. The van der Waals surface area contributed by atoms with Crippen molar-refractivity contribution in [2.45, 2.75) is 12.5 Å². The monoisotopic (exact) mass is 312 g/mol. The molecular formula is C18H20N2O3. The summed E-state index contributed by atoms with van der Waals surface area (Å²) in [6, 6.07) is 13.3. The van der Waals surface area contributed by atoms with Gasteiger partial charge in [-0.2, -0.15) is 0 Å². The third-order valence-corrected chi connectivity index (χ3v) is 3.93. The van der Waals surface area contributed by atoms with Gasteiger partial charge in [-0.05, 0) is 29.8 Å². The second kappa shape index (κ2) is 7.24. The normalized spacial score (nSPS) is 17.8. The lowest BCUT2D eigenvalue weighted by molar-refractivity contribution is -0.0210. The molecule has 0 spiro atoms. The zero-order valence-electron chi connectivity index (χ0n) is 13.1. The first kappa shape index (κ1) is 15.5. The van der Waals surface area contributed by atoms with Crippen LogP contribution in [0.5, 0.6) is 5.75 Å². The van der Waals surface area contributed by atoms with E-state index in [2.05, 4.69) is 4.98 Å². The van der Waals surface area contributed by atoms with E-state index in [1.165, 1.54) is 5.56 Å². The van der Waals surface area contributed by atoms with Crippen LogP contribution in [0, 0.1) is 0 Å². The molecule has 120 valence electrons. The minimum absolute atomic E-state index is 0.00445. The first-order valence-corrected chi connectivity index (χ1v) is 7.71. The summed E-state index contributed by atoms with van der Waals surface area (Å²) < 4.78 is 11.0. The summed E-state index contributed by atoms with van der Waals surface area (Å²) in [7, 11) is 1.65. The Bertz CT molecular complexity index is 643. The summed E-state index contributed by atoms with van der Waals surface area (Å²) in [5, 5.41) is 0. The molecule has 3 rings (SSSR count). The molecule has 1 aromatic carbocycles. The van der Waals surface area contributed by atoms with Gasteiger partial charge in [0, 0.05) is 25.7 Å². The van der Waals surface area contributed by atoms with Gasteiger partial charge in [0.1, 0.15) is 11.4 Å². The molecule has 0 saturated carbocycles. The summed E-state index contributed by atoms with van der Waals surface area (Å²) in [4.78, 5) is 18.4. The predicted molar refractivity (Wildman–Crippen MR) is 86.6 cm³/mol. The predicted octanol–water partition coefficient (Wildman–Crippen LogP) is 2.17. The molecule has 0 radical (unpaired) electrons. The van der Waals surface area contributed by atoms with Crippen molar-refractivity contribution in [2.24, 2.45) is 0 Å². The van der Waals surface area contributed by atoms with Crippen LogP contribution < -0.4 is 4.74 Å². The molecule has 1 amide bonds. The van der Waals surface area contributed by atoms with Crippen LogP contribution in [0.2, 0.25) is 0 Å². The van der Waals surface area contributed by atoms with E-state index in [-0.39, 0.29) is 12.0 Å². The van der Waals surface area contributed by atoms with Gasteiger partial charge < -0.3 is 14.4 Å². The minimum Gasteiger partial charge on any atom is -0.497 e. The molecule has 0 N–H and O–H groups in total. The number of nitrogens with zero attached hydrogens (tertiary/aromatic N) is 2. The highest BCUT2D eigenvalue weighted by Crippen LogP contribution is 2.16. The Morgan fingerprint density at radius 2 is 2.13 bits per heavy atom. The van der Waals surface area contributed by atoms with Gasteiger partial charge in [0.05, 0.1) is 19.8 Å². The first-order valence-electron chi connectivity index (χ1n) is 7.71. The SMILES string of the molecule is COc1ccc(C[C@H]2CN(C(=O)c3ccccn3)CCO2)cc1. The molecule has 0 unspecified atom stereocenters. The van der Waals surface area contributed by atoms with Crippen LogP contribution >= 0.6 is 0 Å². The number of ether oxygens (including phenoxy) is 2. The lowest BCUT2D eigenvalue weighted by atomic mass is 10.1. The Balaban J connectivity index is 1.62. The second-order valence-electron chi connectivity index (χ2n) is 5.51. The quantitative estimate of drug-likeness (QED) is 0.868. The molecule has 1 saturated heterocycles. The number of methoxy groups -OCH3 is 1. The van der Waals surface area contributed by atoms with E-state index in [0.717, 1.165) is 12.2 Å². The van der Waals surface area contributed by atoms with Gasteiger partial charge in [-0.3, -0.25) is 9.78 Å². The van der Waals surface area contributed by atoms with Crippen molar-refractivity contribution in [2.75, 3.05) is 26.8 Å². The van der Waals surface area contributed by atoms with E-state index in [1.807, 2.05) is 41.3 Å². The van der Waals surface area contributed by atoms with Crippen molar-refractivity contribution < 1.29 is 14.3 Å². The lowest BCUT2D eigenvalue weighted by Crippen LogP contribution is -2.46. The molecule has 23 heavy (non-hydrogen) atoms. The fourth-order valence-electron chi connectivity index (χ4n) is 2.70. The standard InChI is InChI=1S/C18H20N2O3/c1-22-15-7-5-14(6-8-15)12-16-13-20(10-11-23-16)18(21)17-4-2-3-9-19-17/h2-9,16H,10-13H2,1H3/t16-/m0/s1. The van der Waals surface area contributed by atoms with Gasteiger partial charge in [-0.25, -0.2) is 0 Å². The molecule has 2 aromatic rings. The third kappa shape index (κ3) is 3.87. The number of carbonyl (C=O) groups is 1.